The molecule has 0 heterocycles. The Balaban J connectivity index is 2.07. The summed E-state index contributed by atoms with van der Waals surface area (Å²) in [5.74, 6) is 0.353. The van der Waals surface area contributed by atoms with Gasteiger partial charge in [-0.3, -0.25) is 0 Å². The Hall–Kier alpha value is -1.74. The van der Waals surface area contributed by atoms with Crippen molar-refractivity contribution in [2.75, 3.05) is 7.05 Å². The molecule has 0 unspecified atom stereocenters. The number of benzene rings is 2. The summed E-state index contributed by atoms with van der Waals surface area (Å²) in [5.41, 5.74) is 2.39. The molecular weight excluding hydrogens is 384 g/mol. The van der Waals surface area contributed by atoms with Gasteiger partial charge in [-0.1, -0.05) is 50.2 Å². The summed E-state index contributed by atoms with van der Waals surface area (Å²) in [4.78, 5) is 0.212. The van der Waals surface area contributed by atoms with E-state index in [4.69, 9.17) is 0 Å². The second kappa shape index (κ2) is 8.97. The molecule has 8 heteroatoms. The molecule has 148 valence electrons. The van der Waals surface area contributed by atoms with Crippen LogP contribution in [0.2, 0.25) is 0 Å². The molecule has 0 radical (unpaired) electrons. The monoisotopic (exact) mass is 410 g/mol. The van der Waals surface area contributed by atoms with Crippen molar-refractivity contribution in [3.63, 3.8) is 0 Å². The van der Waals surface area contributed by atoms with Crippen LogP contribution in [0.3, 0.4) is 0 Å². The van der Waals surface area contributed by atoms with E-state index in [1.165, 1.54) is 7.05 Å². The van der Waals surface area contributed by atoms with Crippen LogP contribution in [0.5, 0.6) is 0 Å². The fraction of sp³-hybridized carbons (Fsp3) is 0.368. The van der Waals surface area contributed by atoms with Crippen molar-refractivity contribution in [3.8, 4) is 0 Å². The number of hydrogen-bond acceptors (Lipinski definition) is 4. The minimum absolute atomic E-state index is 0.0868. The lowest BCUT2D eigenvalue weighted by Gasteiger charge is -2.10. The second-order valence-electron chi connectivity index (χ2n) is 6.85. The minimum Gasteiger partial charge on any atom is -0.218 e. The van der Waals surface area contributed by atoms with Gasteiger partial charge >= 0.3 is 0 Å². The predicted molar refractivity (Wildman–Crippen MR) is 107 cm³/mol. The summed E-state index contributed by atoms with van der Waals surface area (Å²) in [6.07, 6.45) is 0.899. The van der Waals surface area contributed by atoms with E-state index in [9.17, 15) is 16.8 Å². The third kappa shape index (κ3) is 6.73. The molecule has 2 rings (SSSR count). The first-order valence-corrected chi connectivity index (χ1v) is 11.8. The van der Waals surface area contributed by atoms with Crippen LogP contribution >= 0.6 is 0 Å². The van der Waals surface area contributed by atoms with Crippen molar-refractivity contribution in [1.29, 1.82) is 0 Å². The van der Waals surface area contributed by atoms with E-state index in [1.807, 2.05) is 12.1 Å². The van der Waals surface area contributed by atoms with Crippen molar-refractivity contribution in [1.82, 2.24) is 9.44 Å². The Morgan fingerprint density at radius 1 is 0.889 bits per heavy atom. The molecule has 0 saturated carbocycles. The molecular formula is C19H26N2O4S2. The second-order valence-corrected chi connectivity index (χ2v) is 10.5. The smallest absolute Gasteiger partial charge is 0.218 e. The van der Waals surface area contributed by atoms with Crippen LogP contribution in [0, 0.1) is 5.92 Å². The average Bonchev–Trinajstić information content (AvgIpc) is 2.60. The van der Waals surface area contributed by atoms with Gasteiger partial charge in [0, 0.05) is 6.54 Å². The summed E-state index contributed by atoms with van der Waals surface area (Å²) >= 11 is 0. The topological polar surface area (TPSA) is 92.3 Å². The first-order valence-electron chi connectivity index (χ1n) is 8.69. The molecule has 0 spiro atoms. The molecule has 0 aromatic heterocycles. The van der Waals surface area contributed by atoms with E-state index in [0.717, 1.165) is 12.0 Å². The average molecular weight is 411 g/mol. The van der Waals surface area contributed by atoms with Crippen LogP contribution in [-0.4, -0.2) is 23.9 Å². The van der Waals surface area contributed by atoms with Gasteiger partial charge in [-0.05, 0) is 48.2 Å². The fourth-order valence-electron chi connectivity index (χ4n) is 2.66. The van der Waals surface area contributed by atoms with Crippen LogP contribution in [-0.2, 0) is 38.8 Å². The largest absolute Gasteiger partial charge is 0.240 e. The summed E-state index contributed by atoms with van der Waals surface area (Å²) in [6, 6.07) is 13.7. The highest BCUT2D eigenvalue weighted by Gasteiger charge is 2.14. The number of rotatable bonds is 9. The molecule has 0 aliphatic rings. The molecule has 2 aromatic rings. The van der Waals surface area contributed by atoms with Gasteiger partial charge in [0.05, 0.1) is 10.6 Å². The Labute approximate surface area is 162 Å². The highest BCUT2D eigenvalue weighted by molar-refractivity contribution is 7.89. The minimum atomic E-state index is -3.64. The predicted octanol–water partition coefficient (Wildman–Crippen LogP) is 2.41. The third-order valence-electron chi connectivity index (χ3n) is 4.00. The van der Waals surface area contributed by atoms with E-state index >= 15 is 0 Å². The molecule has 27 heavy (non-hydrogen) atoms. The zero-order valence-corrected chi connectivity index (χ0v) is 17.4. The molecule has 2 aromatic carbocycles. The van der Waals surface area contributed by atoms with Gasteiger partial charge in [-0.2, -0.15) is 0 Å². The lowest BCUT2D eigenvalue weighted by Crippen LogP contribution is -2.23. The maximum absolute atomic E-state index is 12.5. The molecule has 0 aliphatic heterocycles. The number of nitrogens with one attached hydrogen (secondary N) is 2. The van der Waals surface area contributed by atoms with E-state index in [-0.39, 0.29) is 17.2 Å². The standard InChI is InChI=1S/C19H26N2O4S2/c1-15(2)11-16-7-9-19(10-8-16)27(24,25)21-13-17-5-4-6-18(12-17)14-26(22,23)20-3/h4-10,12,15,20-21H,11,13-14H2,1-3H3. The highest BCUT2D eigenvalue weighted by atomic mass is 32.2. The van der Waals surface area contributed by atoms with Gasteiger partial charge in [-0.25, -0.2) is 26.3 Å². The van der Waals surface area contributed by atoms with Crippen molar-refractivity contribution >= 4 is 20.0 Å². The Morgan fingerprint density at radius 3 is 2.11 bits per heavy atom. The van der Waals surface area contributed by atoms with Crippen LogP contribution in [0.1, 0.15) is 30.5 Å². The normalized spacial score (nSPS) is 12.4. The molecule has 2 N–H and O–H groups in total. The van der Waals surface area contributed by atoms with Crippen LogP contribution < -0.4 is 9.44 Å². The first-order chi connectivity index (χ1) is 12.6. The van der Waals surface area contributed by atoms with Gasteiger partial charge in [0.2, 0.25) is 20.0 Å². The van der Waals surface area contributed by atoms with Gasteiger partial charge in [0.15, 0.2) is 0 Å². The van der Waals surface area contributed by atoms with Crippen molar-refractivity contribution in [2.45, 2.75) is 37.5 Å². The SMILES string of the molecule is CNS(=O)(=O)Cc1cccc(CNS(=O)(=O)c2ccc(CC(C)C)cc2)c1. The maximum Gasteiger partial charge on any atom is 0.240 e. The maximum atomic E-state index is 12.5. The third-order valence-corrected chi connectivity index (χ3v) is 6.76. The molecule has 6 nitrogen and oxygen atoms in total. The Morgan fingerprint density at radius 2 is 1.52 bits per heavy atom. The molecule has 0 saturated heterocycles. The summed E-state index contributed by atoms with van der Waals surface area (Å²) in [7, 11) is -5.65. The molecule has 0 fully saturated rings. The Bertz CT molecular complexity index is 967. The molecule has 0 bridgehead atoms. The van der Waals surface area contributed by atoms with Gasteiger partial charge in [0.25, 0.3) is 0 Å². The van der Waals surface area contributed by atoms with Gasteiger partial charge in [0.1, 0.15) is 0 Å². The van der Waals surface area contributed by atoms with Crippen LogP contribution in [0.25, 0.3) is 0 Å². The van der Waals surface area contributed by atoms with E-state index in [0.29, 0.717) is 17.0 Å². The van der Waals surface area contributed by atoms with E-state index < -0.39 is 20.0 Å². The zero-order chi connectivity index (χ0) is 20.1. The van der Waals surface area contributed by atoms with E-state index in [1.54, 1.807) is 36.4 Å². The summed E-state index contributed by atoms with van der Waals surface area (Å²) in [5, 5.41) is 0. The molecule has 0 amide bonds. The number of sulfonamides is 2. The van der Waals surface area contributed by atoms with Crippen molar-refractivity contribution < 1.29 is 16.8 Å². The first kappa shape index (κ1) is 21.6. The zero-order valence-electron chi connectivity index (χ0n) is 15.8. The van der Waals surface area contributed by atoms with Crippen LogP contribution in [0.15, 0.2) is 53.4 Å². The lowest BCUT2D eigenvalue weighted by atomic mass is 10.0. The van der Waals surface area contributed by atoms with Gasteiger partial charge < -0.3 is 0 Å². The van der Waals surface area contributed by atoms with Crippen LogP contribution in [0.4, 0.5) is 0 Å². The fourth-order valence-corrected chi connectivity index (χ4v) is 4.44. The molecule has 0 aliphatic carbocycles. The van der Waals surface area contributed by atoms with Crippen molar-refractivity contribution in [2.24, 2.45) is 5.92 Å². The van der Waals surface area contributed by atoms with E-state index in [2.05, 4.69) is 23.3 Å². The quantitative estimate of drug-likeness (QED) is 0.664. The summed E-state index contributed by atoms with van der Waals surface area (Å²) < 4.78 is 53.1. The molecule has 0 atom stereocenters. The highest BCUT2D eigenvalue weighted by Crippen LogP contribution is 2.15. The summed E-state index contributed by atoms with van der Waals surface area (Å²) in [6.45, 7) is 4.31. The van der Waals surface area contributed by atoms with Gasteiger partial charge in [-0.15, -0.1) is 0 Å². The Kier molecular flexibility index (Phi) is 7.16. The van der Waals surface area contributed by atoms with Crippen molar-refractivity contribution in [3.05, 3.63) is 65.2 Å². The lowest BCUT2D eigenvalue weighted by molar-refractivity contribution is 0.580. The number of hydrogen-bond donors (Lipinski definition) is 2.